The fourth-order valence-corrected chi connectivity index (χ4v) is 1.79. The zero-order valence-electron chi connectivity index (χ0n) is 12.1. The highest BCUT2D eigenvalue weighted by atomic mass is 19.1. The molecule has 2 amide bonds. The molecule has 23 heavy (non-hydrogen) atoms. The van der Waals surface area contributed by atoms with Crippen LogP contribution in [0.3, 0.4) is 0 Å². The van der Waals surface area contributed by atoms with E-state index in [0.717, 1.165) is 5.56 Å². The minimum atomic E-state index is -0.608. The molecule has 0 saturated carbocycles. The maximum atomic E-state index is 12.7. The summed E-state index contributed by atoms with van der Waals surface area (Å²) in [6.45, 7) is 0.269. The van der Waals surface area contributed by atoms with Gasteiger partial charge in [-0.05, 0) is 35.4 Å². The van der Waals surface area contributed by atoms with Crippen LogP contribution in [0.15, 0.2) is 48.5 Å². The summed E-state index contributed by atoms with van der Waals surface area (Å²) in [5.74, 6) is -0.959. The lowest BCUT2D eigenvalue weighted by Crippen LogP contribution is -2.23. The molecule has 7 heteroatoms. The summed E-state index contributed by atoms with van der Waals surface area (Å²) in [6.07, 6.45) is -0.605. The number of nitrogens with one attached hydrogen (secondary N) is 2. The molecule has 0 aliphatic rings. The molecule has 0 aliphatic heterocycles. The summed E-state index contributed by atoms with van der Waals surface area (Å²) < 4.78 is 17.7. The molecule has 3 N–H and O–H groups in total. The van der Waals surface area contributed by atoms with E-state index < -0.39 is 12.0 Å². The van der Waals surface area contributed by atoms with Crippen LogP contribution in [-0.4, -0.2) is 17.2 Å². The van der Waals surface area contributed by atoms with Crippen LogP contribution in [0.25, 0.3) is 0 Å². The number of amides is 2. The third-order valence-electron chi connectivity index (χ3n) is 3.04. The van der Waals surface area contributed by atoms with E-state index in [1.54, 1.807) is 12.1 Å². The molecule has 0 unspecified atom stereocenters. The molecule has 0 aromatic heterocycles. The predicted octanol–water partition coefficient (Wildman–Crippen LogP) is 2.37. The lowest BCUT2D eigenvalue weighted by molar-refractivity contribution is 0.0706. The molecule has 0 spiro atoms. The Morgan fingerprint density at radius 2 is 1.61 bits per heavy atom. The van der Waals surface area contributed by atoms with Gasteiger partial charge in [-0.15, -0.1) is 0 Å². The van der Waals surface area contributed by atoms with Crippen LogP contribution in [0.2, 0.25) is 0 Å². The lowest BCUT2D eigenvalue weighted by atomic mass is 10.1. The van der Waals surface area contributed by atoms with E-state index in [-0.39, 0.29) is 19.0 Å². The van der Waals surface area contributed by atoms with Gasteiger partial charge in [0.25, 0.3) is 5.91 Å². The van der Waals surface area contributed by atoms with Crippen molar-refractivity contribution in [2.24, 2.45) is 0 Å². The second-order valence-electron chi connectivity index (χ2n) is 4.69. The third-order valence-corrected chi connectivity index (χ3v) is 3.04. The highest BCUT2D eigenvalue weighted by molar-refractivity contribution is 5.93. The van der Waals surface area contributed by atoms with Gasteiger partial charge in [0.2, 0.25) is 0 Å². The predicted molar refractivity (Wildman–Crippen MR) is 79.1 cm³/mol. The Morgan fingerprint density at radius 3 is 2.22 bits per heavy atom. The highest BCUT2D eigenvalue weighted by Crippen LogP contribution is 2.06. The van der Waals surface area contributed by atoms with Crippen LogP contribution >= 0.6 is 0 Å². The summed E-state index contributed by atoms with van der Waals surface area (Å²) in [5, 5.41) is 11.1. The molecule has 0 aliphatic carbocycles. The quantitative estimate of drug-likeness (QED) is 0.583. The summed E-state index contributed by atoms with van der Waals surface area (Å²) >= 11 is 0. The average Bonchev–Trinajstić information content (AvgIpc) is 2.59. The second kappa shape index (κ2) is 7.90. The van der Waals surface area contributed by atoms with Gasteiger partial charge in [0, 0.05) is 12.1 Å². The van der Waals surface area contributed by atoms with Crippen LogP contribution in [0.4, 0.5) is 9.18 Å². The number of rotatable bonds is 5. The van der Waals surface area contributed by atoms with Gasteiger partial charge in [0.1, 0.15) is 12.4 Å². The second-order valence-corrected chi connectivity index (χ2v) is 4.69. The Kier molecular flexibility index (Phi) is 5.65. The maximum Gasteiger partial charge on any atom is 0.407 e. The normalized spacial score (nSPS) is 10.0. The number of carbonyl (C=O) groups is 2. The van der Waals surface area contributed by atoms with Crippen molar-refractivity contribution in [1.82, 2.24) is 10.8 Å². The standard InChI is InChI=1S/C16H15FN2O4/c17-14-7-3-12(4-8-14)10-23-16(21)18-9-11-1-5-13(6-2-11)15(20)19-22/h1-8,22H,9-10H2,(H,18,21)(H,19,20). The van der Waals surface area contributed by atoms with Gasteiger partial charge < -0.3 is 10.1 Å². The van der Waals surface area contributed by atoms with Gasteiger partial charge in [-0.3, -0.25) is 10.0 Å². The number of hydroxylamine groups is 1. The summed E-state index contributed by atoms with van der Waals surface area (Å²) in [7, 11) is 0. The molecule has 2 aromatic rings. The van der Waals surface area contributed by atoms with Gasteiger partial charge in [-0.1, -0.05) is 24.3 Å². The van der Waals surface area contributed by atoms with Crippen LogP contribution in [-0.2, 0) is 17.9 Å². The molecular formula is C16H15FN2O4. The highest BCUT2D eigenvalue weighted by Gasteiger charge is 2.05. The van der Waals surface area contributed by atoms with Crippen molar-refractivity contribution in [2.45, 2.75) is 13.2 Å². The monoisotopic (exact) mass is 318 g/mol. The Morgan fingerprint density at radius 1 is 1.00 bits per heavy atom. The van der Waals surface area contributed by atoms with E-state index >= 15 is 0 Å². The minimum absolute atomic E-state index is 0.0434. The zero-order valence-corrected chi connectivity index (χ0v) is 12.1. The molecule has 0 bridgehead atoms. The van der Waals surface area contributed by atoms with E-state index in [9.17, 15) is 14.0 Å². The zero-order chi connectivity index (χ0) is 16.7. The molecular weight excluding hydrogens is 303 g/mol. The SMILES string of the molecule is O=C(NCc1ccc(C(=O)NO)cc1)OCc1ccc(F)cc1. The first-order valence-corrected chi connectivity index (χ1v) is 6.77. The molecule has 0 heterocycles. The number of hydrogen-bond donors (Lipinski definition) is 3. The number of alkyl carbamates (subject to hydrolysis) is 1. The van der Waals surface area contributed by atoms with Gasteiger partial charge in [-0.25, -0.2) is 14.7 Å². The molecule has 0 fully saturated rings. The fourth-order valence-electron chi connectivity index (χ4n) is 1.79. The smallest absolute Gasteiger partial charge is 0.407 e. The Balaban J connectivity index is 1.77. The van der Waals surface area contributed by atoms with Gasteiger partial charge in [0.05, 0.1) is 0 Å². The van der Waals surface area contributed by atoms with Crippen molar-refractivity contribution < 1.29 is 23.9 Å². The molecule has 0 radical (unpaired) electrons. The number of ether oxygens (including phenoxy) is 1. The van der Waals surface area contributed by atoms with Gasteiger partial charge in [-0.2, -0.15) is 0 Å². The molecule has 0 saturated heterocycles. The van der Waals surface area contributed by atoms with Crippen LogP contribution in [0, 0.1) is 5.82 Å². The first-order chi connectivity index (χ1) is 11.1. The summed E-state index contributed by atoms with van der Waals surface area (Å²) in [4.78, 5) is 22.7. The summed E-state index contributed by atoms with van der Waals surface area (Å²) in [6, 6.07) is 12.0. The van der Waals surface area contributed by atoms with Crippen LogP contribution in [0.5, 0.6) is 0 Å². The van der Waals surface area contributed by atoms with E-state index in [1.165, 1.54) is 41.9 Å². The summed E-state index contributed by atoms with van der Waals surface area (Å²) in [5.41, 5.74) is 3.28. The van der Waals surface area contributed by atoms with Gasteiger partial charge in [0.15, 0.2) is 0 Å². The average molecular weight is 318 g/mol. The lowest BCUT2D eigenvalue weighted by Gasteiger charge is -2.08. The van der Waals surface area contributed by atoms with E-state index in [2.05, 4.69) is 5.32 Å². The van der Waals surface area contributed by atoms with E-state index in [0.29, 0.717) is 11.1 Å². The largest absolute Gasteiger partial charge is 0.445 e. The Labute approximate surface area is 131 Å². The number of benzene rings is 2. The molecule has 6 nitrogen and oxygen atoms in total. The van der Waals surface area contributed by atoms with Crippen LogP contribution < -0.4 is 10.8 Å². The molecule has 2 aromatic carbocycles. The number of carbonyl (C=O) groups excluding carboxylic acids is 2. The Bertz CT molecular complexity index is 671. The Hall–Kier alpha value is -2.93. The number of hydrogen-bond acceptors (Lipinski definition) is 4. The van der Waals surface area contributed by atoms with Crippen molar-refractivity contribution >= 4 is 12.0 Å². The van der Waals surface area contributed by atoms with Crippen molar-refractivity contribution in [3.05, 3.63) is 71.0 Å². The number of halogens is 1. The molecule has 120 valence electrons. The fraction of sp³-hybridized carbons (Fsp3) is 0.125. The van der Waals surface area contributed by atoms with Gasteiger partial charge >= 0.3 is 6.09 Å². The maximum absolute atomic E-state index is 12.7. The van der Waals surface area contributed by atoms with E-state index in [1.807, 2.05) is 0 Å². The topological polar surface area (TPSA) is 87.7 Å². The minimum Gasteiger partial charge on any atom is -0.445 e. The van der Waals surface area contributed by atoms with Crippen molar-refractivity contribution in [2.75, 3.05) is 0 Å². The first-order valence-electron chi connectivity index (χ1n) is 6.77. The first kappa shape index (κ1) is 16.4. The van der Waals surface area contributed by atoms with Crippen molar-refractivity contribution in [1.29, 1.82) is 0 Å². The van der Waals surface area contributed by atoms with Crippen molar-refractivity contribution in [3.63, 3.8) is 0 Å². The van der Waals surface area contributed by atoms with E-state index in [4.69, 9.17) is 9.94 Å². The third kappa shape index (κ3) is 5.08. The van der Waals surface area contributed by atoms with Crippen molar-refractivity contribution in [3.8, 4) is 0 Å². The van der Waals surface area contributed by atoms with Crippen LogP contribution in [0.1, 0.15) is 21.5 Å². The molecule has 2 rings (SSSR count). The molecule has 0 atom stereocenters.